The first-order chi connectivity index (χ1) is 16.5. The number of allylic oxidation sites excluding steroid dienone is 1. The van der Waals surface area contributed by atoms with E-state index in [2.05, 4.69) is 31.3 Å². The Balaban J connectivity index is 1.78. The van der Waals surface area contributed by atoms with Crippen molar-refractivity contribution in [1.82, 2.24) is 5.32 Å². The van der Waals surface area contributed by atoms with E-state index >= 15 is 0 Å². The van der Waals surface area contributed by atoms with Gasteiger partial charge in [-0.2, -0.15) is 18.4 Å². The quantitative estimate of drug-likeness (QED) is 0.477. The van der Waals surface area contributed by atoms with Gasteiger partial charge in [0.1, 0.15) is 0 Å². The van der Waals surface area contributed by atoms with Gasteiger partial charge in [0.2, 0.25) is 11.8 Å². The molecule has 1 aliphatic rings. The zero-order valence-electron chi connectivity index (χ0n) is 18.0. The van der Waals surface area contributed by atoms with Crippen molar-refractivity contribution in [2.45, 2.75) is 18.5 Å². The Kier molecular flexibility index (Phi) is 8.24. The summed E-state index contributed by atoms with van der Waals surface area (Å²) >= 11 is 3.82. The number of rotatable bonds is 6. The predicted octanol–water partition coefficient (Wildman–Crippen LogP) is 4.97. The maximum absolute atomic E-state index is 13.3. The Morgan fingerprint density at radius 1 is 1.26 bits per heavy atom. The largest absolute Gasteiger partial charge is 0.465 e. The second-order valence-electron chi connectivity index (χ2n) is 7.30. The second-order valence-corrected chi connectivity index (χ2v) is 9.20. The molecule has 0 radical (unpaired) electrons. The zero-order chi connectivity index (χ0) is 25.8. The van der Waals surface area contributed by atoms with Gasteiger partial charge in [0, 0.05) is 16.8 Å². The minimum Gasteiger partial charge on any atom is -0.465 e. The van der Waals surface area contributed by atoms with E-state index in [-0.39, 0.29) is 33.2 Å². The fraction of sp³-hybridized carbons (Fsp3) is 0.217. The van der Waals surface area contributed by atoms with E-state index in [1.807, 2.05) is 6.07 Å². The molecule has 7 nitrogen and oxygen atoms in total. The van der Waals surface area contributed by atoms with Gasteiger partial charge >= 0.3 is 12.1 Å². The van der Waals surface area contributed by atoms with Gasteiger partial charge in [-0.3, -0.25) is 9.59 Å². The van der Waals surface area contributed by atoms with Crippen molar-refractivity contribution in [2.24, 2.45) is 0 Å². The van der Waals surface area contributed by atoms with Gasteiger partial charge in [0.05, 0.1) is 46.3 Å². The molecule has 2 amide bonds. The SMILES string of the molecule is COC(=O)c1ccc([C@@H]2CC(=O)NC(SCC(=O)Nc3ccc(Br)cc3C(F)(F)F)=C2C#N)cc1. The lowest BCUT2D eigenvalue weighted by atomic mass is 9.87. The molecule has 1 atom stereocenters. The summed E-state index contributed by atoms with van der Waals surface area (Å²) in [6.07, 6.45) is -4.70. The van der Waals surface area contributed by atoms with Gasteiger partial charge in [-0.15, -0.1) is 0 Å². The van der Waals surface area contributed by atoms with E-state index in [0.717, 1.165) is 23.9 Å². The number of nitrogens with zero attached hydrogens (tertiary/aromatic N) is 1. The normalized spacial score (nSPS) is 15.8. The zero-order valence-corrected chi connectivity index (χ0v) is 20.4. The average Bonchev–Trinajstić information content (AvgIpc) is 2.82. The van der Waals surface area contributed by atoms with Crippen molar-refractivity contribution in [3.8, 4) is 6.07 Å². The molecule has 0 fully saturated rings. The summed E-state index contributed by atoms with van der Waals surface area (Å²) in [6.45, 7) is 0. The molecule has 3 rings (SSSR count). The first-order valence-electron chi connectivity index (χ1n) is 9.95. The Morgan fingerprint density at radius 2 is 1.94 bits per heavy atom. The van der Waals surface area contributed by atoms with Crippen LogP contribution in [0.1, 0.15) is 33.8 Å². The number of amides is 2. The third kappa shape index (κ3) is 6.43. The van der Waals surface area contributed by atoms with Crippen LogP contribution in [0, 0.1) is 11.3 Å². The van der Waals surface area contributed by atoms with Crippen molar-refractivity contribution in [3.05, 3.63) is 74.2 Å². The maximum Gasteiger partial charge on any atom is 0.418 e. The minimum atomic E-state index is -4.68. The molecule has 0 saturated heterocycles. The molecule has 0 saturated carbocycles. The molecule has 2 aromatic carbocycles. The molecular formula is C23H17BrF3N3O4S. The van der Waals surface area contributed by atoms with E-state index in [9.17, 15) is 32.8 Å². The van der Waals surface area contributed by atoms with Crippen LogP contribution in [-0.4, -0.2) is 30.6 Å². The number of carbonyl (C=O) groups excluding carboxylic acids is 3. The minimum absolute atomic E-state index is 0.0233. The number of esters is 1. The lowest BCUT2D eigenvalue weighted by Crippen LogP contribution is -2.31. The summed E-state index contributed by atoms with van der Waals surface area (Å²) in [6, 6.07) is 11.6. The monoisotopic (exact) mass is 567 g/mol. The number of carbonyl (C=O) groups is 3. The molecule has 182 valence electrons. The van der Waals surface area contributed by atoms with Gasteiger partial charge in [0.15, 0.2) is 0 Å². The Morgan fingerprint density at radius 3 is 2.54 bits per heavy atom. The molecule has 0 unspecified atom stereocenters. The standard InChI is InChI=1S/C23H17BrF3N3O4S/c1-34-22(33)13-4-2-12(3-5-13)15-9-19(31)30-21(16(15)10-28)35-11-20(32)29-18-7-6-14(24)8-17(18)23(25,26)27/h2-8,15H,9,11H2,1H3,(H,29,32)(H,30,31)/t15-/m0/s1. The van der Waals surface area contributed by atoms with Gasteiger partial charge in [0.25, 0.3) is 0 Å². The van der Waals surface area contributed by atoms with Crippen molar-refractivity contribution < 1.29 is 32.3 Å². The summed E-state index contributed by atoms with van der Waals surface area (Å²) in [5, 5.41) is 14.7. The highest BCUT2D eigenvalue weighted by Crippen LogP contribution is 2.38. The average molecular weight is 568 g/mol. The molecule has 0 bridgehead atoms. The summed E-state index contributed by atoms with van der Waals surface area (Å²) < 4.78 is 44.7. The van der Waals surface area contributed by atoms with Crippen molar-refractivity contribution in [3.63, 3.8) is 0 Å². The molecule has 0 aromatic heterocycles. The van der Waals surface area contributed by atoms with Crippen LogP contribution in [-0.2, 0) is 20.5 Å². The number of hydrogen-bond donors (Lipinski definition) is 2. The van der Waals surface area contributed by atoms with Gasteiger partial charge in [-0.05, 0) is 35.9 Å². The van der Waals surface area contributed by atoms with Crippen LogP contribution in [0.2, 0.25) is 0 Å². The van der Waals surface area contributed by atoms with E-state index in [1.54, 1.807) is 12.1 Å². The summed E-state index contributed by atoms with van der Waals surface area (Å²) in [5.74, 6) is -2.63. The summed E-state index contributed by atoms with van der Waals surface area (Å²) in [5.41, 5.74) is -0.304. The van der Waals surface area contributed by atoms with Crippen molar-refractivity contribution in [2.75, 3.05) is 18.2 Å². The topological polar surface area (TPSA) is 108 Å². The molecular weight excluding hydrogens is 551 g/mol. The molecule has 0 spiro atoms. The maximum atomic E-state index is 13.3. The number of methoxy groups -OCH3 is 1. The number of benzene rings is 2. The van der Waals surface area contributed by atoms with Gasteiger partial charge in [-0.1, -0.05) is 39.8 Å². The van der Waals surface area contributed by atoms with Crippen LogP contribution in [0.25, 0.3) is 0 Å². The van der Waals surface area contributed by atoms with Crippen molar-refractivity contribution in [1.29, 1.82) is 5.26 Å². The third-order valence-electron chi connectivity index (χ3n) is 5.00. The van der Waals surface area contributed by atoms with Crippen LogP contribution in [0.15, 0.2) is 57.5 Å². The van der Waals surface area contributed by atoms with E-state index < -0.39 is 35.2 Å². The number of nitriles is 1. The van der Waals surface area contributed by atoms with Crippen LogP contribution >= 0.6 is 27.7 Å². The summed E-state index contributed by atoms with van der Waals surface area (Å²) in [4.78, 5) is 36.3. The third-order valence-corrected chi connectivity index (χ3v) is 6.51. The lowest BCUT2D eigenvalue weighted by Gasteiger charge is -2.25. The molecule has 1 heterocycles. The van der Waals surface area contributed by atoms with E-state index in [1.165, 1.54) is 25.3 Å². The lowest BCUT2D eigenvalue weighted by molar-refractivity contribution is -0.137. The molecule has 12 heteroatoms. The Bertz CT molecular complexity index is 1240. The highest BCUT2D eigenvalue weighted by molar-refractivity contribution is 9.10. The Hall–Kier alpha value is -3.30. The molecule has 2 aromatic rings. The van der Waals surface area contributed by atoms with Crippen LogP contribution in [0.4, 0.5) is 18.9 Å². The number of thioether (sulfide) groups is 1. The number of anilines is 1. The molecule has 0 aliphatic carbocycles. The molecule has 1 aliphatic heterocycles. The summed E-state index contributed by atoms with van der Waals surface area (Å²) in [7, 11) is 1.25. The first kappa shape index (κ1) is 26.3. The van der Waals surface area contributed by atoms with Gasteiger partial charge in [-0.25, -0.2) is 4.79 Å². The fourth-order valence-corrected chi connectivity index (χ4v) is 4.61. The van der Waals surface area contributed by atoms with Crippen LogP contribution < -0.4 is 10.6 Å². The smallest absolute Gasteiger partial charge is 0.418 e. The Labute approximate surface area is 210 Å². The van der Waals surface area contributed by atoms with Crippen molar-refractivity contribution >= 4 is 51.2 Å². The fourth-order valence-electron chi connectivity index (χ4n) is 3.37. The highest BCUT2D eigenvalue weighted by Gasteiger charge is 2.34. The van der Waals surface area contributed by atoms with Crippen LogP contribution in [0.5, 0.6) is 0 Å². The van der Waals surface area contributed by atoms with Crippen LogP contribution in [0.3, 0.4) is 0 Å². The number of halogens is 4. The molecule has 2 N–H and O–H groups in total. The van der Waals surface area contributed by atoms with E-state index in [4.69, 9.17) is 0 Å². The number of nitrogens with one attached hydrogen (secondary N) is 2. The second kappa shape index (κ2) is 11.0. The highest BCUT2D eigenvalue weighted by atomic mass is 79.9. The molecule has 35 heavy (non-hydrogen) atoms. The van der Waals surface area contributed by atoms with Gasteiger partial charge < -0.3 is 15.4 Å². The first-order valence-corrected chi connectivity index (χ1v) is 11.7. The number of ether oxygens (including phenoxy) is 1. The predicted molar refractivity (Wildman–Crippen MR) is 126 cm³/mol. The van der Waals surface area contributed by atoms with E-state index in [0.29, 0.717) is 11.1 Å². The number of hydrogen-bond acceptors (Lipinski definition) is 6. The number of alkyl halides is 3.